The lowest BCUT2D eigenvalue weighted by molar-refractivity contribution is -0.274. The van der Waals surface area contributed by atoms with E-state index in [-0.39, 0.29) is 21.0 Å². The first-order chi connectivity index (χ1) is 18.3. The van der Waals surface area contributed by atoms with Crippen LogP contribution in [0.1, 0.15) is 26.7 Å². The van der Waals surface area contributed by atoms with Crippen LogP contribution in [0.2, 0.25) is 5.02 Å². The summed E-state index contributed by atoms with van der Waals surface area (Å²) in [6.45, 7) is 2.44. The van der Waals surface area contributed by atoms with Crippen molar-refractivity contribution >= 4 is 37.4 Å². The van der Waals surface area contributed by atoms with E-state index in [0.29, 0.717) is 0 Å². The van der Waals surface area contributed by atoms with E-state index in [0.717, 1.165) is 34.2 Å². The molecular weight excluding hydrogens is 600 g/mol. The minimum Gasteiger partial charge on any atom is -0.406 e. The molecule has 1 amide bonds. The lowest BCUT2D eigenvalue weighted by Gasteiger charge is -2.39. The quantitative estimate of drug-likeness (QED) is 0.420. The Morgan fingerprint density at radius 1 is 1.18 bits per heavy atom. The smallest absolute Gasteiger partial charge is 0.406 e. The molecule has 0 aromatic heterocycles. The maximum Gasteiger partial charge on any atom is 0.573 e. The van der Waals surface area contributed by atoms with Crippen molar-refractivity contribution in [3.05, 3.63) is 59.0 Å². The Morgan fingerprint density at radius 2 is 1.82 bits per heavy atom. The second-order valence-corrected chi connectivity index (χ2v) is 13.7. The summed E-state index contributed by atoms with van der Waals surface area (Å²) in [4.78, 5) is 12.3. The minimum atomic E-state index is -5.03. The molecule has 0 radical (unpaired) electrons. The fourth-order valence-corrected chi connectivity index (χ4v) is 6.91. The third kappa shape index (κ3) is 7.74. The zero-order chi connectivity index (χ0) is 30.1. The molecule has 40 heavy (non-hydrogen) atoms. The fraction of sp³-hybridized carbons (Fsp3) is 0.400. The van der Waals surface area contributed by atoms with Crippen molar-refractivity contribution in [2.45, 2.75) is 55.7 Å². The first-order valence-corrected chi connectivity index (χ1v) is 15.6. The van der Waals surface area contributed by atoms with Crippen LogP contribution in [0.5, 0.6) is 5.75 Å². The van der Waals surface area contributed by atoms with E-state index in [1.54, 1.807) is 6.07 Å². The number of hydrogen-bond acceptors (Lipinski definition) is 6. The van der Waals surface area contributed by atoms with E-state index < -0.39 is 75.0 Å². The van der Waals surface area contributed by atoms with Gasteiger partial charge in [0.1, 0.15) is 5.75 Å². The van der Waals surface area contributed by atoms with Gasteiger partial charge in [0.15, 0.2) is 15.5 Å². The molecule has 1 aliphatic heterocycles. The highest BCUT2D eigenvalue weighted by atomic mass is 35.5. The Bertz CT molecular complexity index is 1520. The number of piperidine rings is 1. The number of alkyl halides is 4. The van der Waals surface area contributed by atoms with Gasteiger partial charge in [-0.1, -0.05) is 35.9 Å². The van der Waals surface area contributed by atoms with E-state index in [4.69, 9.17) is 11.6 Å². The molecule has 0 bridgehead atoms. The Balaban J connectivity index is 1.91. The number of halogens is 5. The number of hydrogen-bond donors (Lipinski definition) is 1. The molecule has 3 atom stereocenters. The maximum absolute atomic E-state index is 15.7. The monoisotopic (exact) mass is 626 g/mol. The number of sulfonamides is 1. The number of sulfone groups is 1. The SMILES string of the molecule is C[C@H](/C=C\S(C)(=O)=O)NC(=O)[C@]1(F)CCN(S(=O)(=O)c2ccc(OC(F)(F)F)cc2-c2ccccc2Cl)[C@H](C)C1. The van der Waals surface area contributed by atoms with Crippen LogP contribution >= 0.6 is 11.6 Å². The van der Waals surface area contributed by atoms with Gasteiger partial charge in [0.2, 0.25) is 10.0 Å². The highest BCUT2D eigenvalue weighted by Crippen LogP contribution is 2.40. The first kappa shape index (κ1) is 31.8. The number of carbonyl (C=O) groups excluding carboxylic acids is 1. The summed E-state index contributed by atoms with van der Waals surface area (Å²) in [5, 5.41) is 3.33. The molecular formula is C25H27ClF4N2O6S2. The Labute approximate surface area is 234 Å². The van der Waals surface area contributed by atoms with Crippen molar-refractivity contribution in [2.24, 2.45) is 0 Å². The largest absolute Gasteiger partial charge is 0.573 e. The molecule has 1 heterocycles. The molecule has 1 fully saturated rings. The summed E-state index contributed by atoms with van der Waals surface area (Å²) in [6.07, 6.45) is -3.91. The number of rotatable bonds is 8. The highest BCUT2D eigenvalue weighted by molar-refractivity contribution is 7.93. The van der Waals surface area contributed by atoms with Crippen LogP contribution in [0.3, 0.4) is 0 Å². The first-order valence-electron chi connectivity index (χ1n) is 11.9. The molecule has 3 rings (SSSR count). The summed E-state index contributed by atoms with van der Waals surface area (Å²) in [5.74, 6) is -1.68. The normalized spacial score (nSPS) is 21.8. The van der Waals surface area contributed by atoms with Crippen LogP contribution in [0.4, 0.5) is 17.6 Å². The summed E-state index contributed by atoms with van der Waals surface area (Å²) in [7, 11) is -7.89. The fourth-order valence-electron chi connectivity index (χ4n) is 4.34. The molecule has 0 aliphatic carbocycles. The average Bonchev–Trinajstić information content (AvgIpc) is 2.81. The third-order valence-corrected chi connectivity index (χ3v) is 9.21. The van der Waals surface area contributed by atoms with Crippen LogP contribution in [0.15, 0.2) is 58.8 Å². The summed E-state index contributed by atoms with van der Waals surface area (Å²) < 4.78 is 109. The van der Waals surface area contributed by atoms with Gasteiger partial charge in [-0.2, -0.15) is 4.31 Å². The molecule has 1 N–H and O–H groups in total. The molecule has 2 aromatic rings. The Kier molecular flexibility index (Phi) is 9.29. The second kappa shape index (κ2) is 11.7. The van der Waals surface area contributed by atoms with Gasteiger partial charge < -0.3 is 10.1 Å². The van der Waals surface area contributed by atoms with Gasteiger partial charge in [-0.05, 0) is 38.1 Å². The van der Waals surface area contributed by atoms with Crippen LogP contribution in [0.25, 0.3) is 11.1 Å². The standard InChI is InChI=1S/C25H27ClF4N2O6S2/c1-16(10-13-39(3,34)35)31-23(33)24(27)11-12-32(17(2)15-24)40(36,37)22-9-8-18(38-25(28,29)30)14-20(22)19-6-4-5-7-21(19)26/h4-10,13-14,16-17H,11-12,15H2,1-3H3,(H,31,33)/b13-10-/t16-,17-,24+/m1/s1. The van der Waals surface area contributed by atoms with Crippen molar-refractivity contribution in [3.8, 4) is 16.9 Å². The number of amides is 1. The highest BCUT2D eigenvalue weighted by Gasteiger charge is 2.48. The predicted molar refractivity (Wildman–Crippen MR) is 142 cm³/mol. The van der Waals surface area contributed by atoms with Crippen LogP contribution in [-0.2, 0) is 24.7 Å². The van der Waals surface area contributed by atoms with Crippen molar-refractivity contribution in [1.29, 1.82) is 0 Å². The molecule has 0 unspecified atom stereocenters. The third-order valence-electron chi connectivity index (χ3n) is 6.15. The predicted octanol–water partition coefficient (Wildman–Crippen LogP) is 4.85. The molecule has 1 aliphatic rings. The molecule has 0 saturated carbocycles. The Morgan fingerprint density at radius 3 is 2.40 bits per heavy atom. The van der Waals surface area contributed by atoms with E-state index >= 15 is 4.39 Å². The second-order valence-electron chi connectivity index (χ2n) is 9.49. The van der Waals surface area contributed by atoms with E-state index in [1.807, 2.05) is 0 Å². The van der Waals surface area contributed by atoms with Gasteiger partial charge in [0.25, 0.3) is 5.91 Å². The van der Waals surface area contributed by atoms with Gasteiger partial charge in [0.05, 0.1) is 4.90 Å². The lowest BCUT2D eigenvalue weighted by atomic mass is 9.89. The van der Waals surface area contributed by atoms with Crippen molar-refractivity contribution in [1.82, 2.24) is 9.62 Å². The lowest BCUT2D eigenvalue weighted by Crippen LogP contribution is -2.56. The molecule has 15 heteroatoms. The van der Waals surface area contributed by atoms with Crippen molar-refractivity contribution in [2.75, 3.05) is 12.8 Å². The number of nitrogens with one attached hydrogen (secondary N) is 1. The van der Waals surface area contributed by atoms with Gasteiger partial charge in [-0.3, -0.25) is 4.79 Å². The van der Waals surface area contributed by atoms with Crippen LogP contribution in [0, 0.1) is 0 Å². The number of nitrogens with zero attached hydrogens (tertiary/aromatic N) is 1. The average molecular weight is 627 g/mol. The van der Waals surface area contributed by atoms with Crippen LogP contribution in [-0.4, -0.2) is 64.0 Å². The van der Waals surface area contributed by atoms with Crippen molar-refractivity contribution < 1.29 is 43.9 Å². The number of benzene rings is 2. The molecule has 220 valence electrons. The number of ether oxygens (including phenoxy) is 1. The summed E-state index contributed by atoms with van der Waals surface area (Å²) in [6, 6.07) is 6.85. The maximum atomic E-state index is 15.7. The molecule has 8 nitrogen and oxygen atoms in total. The van der Waals surface area contributed by atoms with E-state index in [2.05, 4.69) is 10.1 Å². The van der Waals surface area contributed by atoms with Gasteiger partial charge in [-0.15, -0.1) is 13.2 Å². The molecule has 2 aromatic carbocycles. The molecule has 1 saturated heterocycles. The van der Waals surface area contributed by atoms with Crippen molar-refractivity contribution in [3.63, 3.8) is 0 Å². The Hall–Kier alpha value is -2.68. The topological polar surface area (TPSA) is 110 Å². The summed E-state index contributed by atoms with van der Waals surface area (Å²) in [5.41, 5.74) is -2.47. The van der Waals surface area contributed by atoms with E-state index in [1.165, 1.54) is 38.1 Å². The van der Waals surface area contributed by atoms with Crippen LogP contribution < -0.4 is 10.1 Å². The van der Waals surface area contributed by atoms with Gasteiger partial charge >= 0.3 is 6.36 Å². The molecule has 0 spiro atoms. The van der Waals surface area contributed by atoms with Gasteiger partial charge in [-0.25, -0.2) is 21.2 Å². The van der Waals surface area contributed by atoms with Gasteiger partial charge in [0, 0.05) is 59.3 Å². The number of carbonyl (C=O) groups is 1. The summed E-state index contributed by atoms with van der Waals surface area (Å²) >= 11 is 6.24. The minimum absolute atomic E-state index is 0.0771. The zero-order valence-electron chi connectivity index (χ0n) is 21.6. The zero-order valence-corrected chi connectivity index (χ0v) is 24.0. The van der Waals surface area contributed by atoms with E-state index in [9.17, 15) is 34.8 Å².